The van der Waals surface area contributed by atoms with Gasteiger partial charge in [0.25, 0.3) is 0 Å². The Balaban J connectivity index is 1.87. The highest BCUT2D eigenvalue weighted by atomic mass is 32.1. The molecule has 3 rings (SSSR count). The number of carbonyl (C=O) groups is 2. The lowest BCUT2D eigenvalue weighted by atomic mass is 10.0. The topological polar surface area (TPSA) is 75.4 Å². The number of nitrogens with one attached hydrogen (secondary N) is 1. The fourth-order valence-corrected chi connectivity index (χ4v) is 2.99. The summed E-state index contributed by atoms with van der Waals surface area (Å²) in [5, 5.41) is 2.36. The molecule has 1 atom stereocenters. The summed E-state index contributed by atoms with van der Waals surface area (Å²) in [5.41, 5.74) is 8.44. The van der Waals surface area contributed by atoms with E-state index in [1.54, 1.807) is 6.07 Å². The summed E-state index contributed by atoms with van der Waals surface area (Å²) in [6.07, 6.45) is 0.863. The second kappa shape index (κ2) is 4.31. The van der Waals surface area contributed by atoms with Gasteiger partial charge in [0, 0.05) is 24.2 Å². The van der Waals surface area contributed by atoms with Gasteiger partial charge in [-0.15, -0.1) is 0 Å². The van der Waals surface area contributed by atoms with Crippen molar-refractivity contribution in [2.45, 2.75) is 25.4 Å². The van der Waals surface area contributed by atoms with Crippen molar-refractivity contribution in [3.8, 4) is 0 Å². The van der Waals surface area contributed by atoms with Gasteiger partial charge in [-0.1, -0.05) is 12.2 Å². The number of nitrogens with zero attached hydrogens (tertiary/aromatic N) is 1. The molecule has 1 saturated heterocycles. The molecule has 0 saturated carbocycles. The highest BCUT2D eigenvalue weighted by Crippen LogP contribution is 2.29. The molecule has 19 heavy (non-hydrogen) atoms. The number of carbonyl (C=O) groups excluding carboxylic acids is 2. The van der Waals surface area contributed by atoms with Crippen LogP contribution in [0.4, 0.5) is 5.69 Å². The number of fused-ring (bicyclic) bond motifs is 1. The molecule has 1 aromatic carbocycles. The Hall–Kier alpha value is -1.95. The molecule has 0 spiro atoms. The van der Waals surface area contributed by atoms with Crippen molar-refractivity contribution in [2.75, 3.05) is 5.73 Å². The molecule has 0 unspecified atom stereocenters. The first-order valence-corrected chi connectivity index (χ1v) is 6.50. The monoisotopic (exact) mass is 275 g/mol. The first-order chi connectivity index (χ1) is 9.06. The van der Waals surface area contributed by atoms with Gasteiger partial charge in [-0.3, -0.25) is 14.9 Å². The molecule has 1 aromatic rings. The van der Waals surface area contributed by atoms with Gasteiger partial charge >= 0.3 is 0 Å². The smallest absolute Gasteiger partial charge is 0.249 e. The number of hydrogen-bond acceptors (Lipinski definition) is 4. The van der Waals surface area contributed by atoms with E-state index in [0.29, 0.717) is 30.1 Å². The van der Waals surface area contributed by atoms with E-state index in [1.807, 2.05) is 17.0 Å². The first kappa shape index (κ1) is 12.1. The largest absolute Gasteiger partial charge is 0.399 e. The zero-order valence-corrected chi connectivity index (χ0v) is 11.0. The molecule has 2 aliphatic rings. The summed E-state index contributed by atoms with van der Waals surface area (Å²) in [6, 6.07) is 5.21. The molecule has 2 heterocycles. The van der Waals surface area contributed by atoms with E-state index in [4.69, 9.17) is 18.0 Å². The van der Waals surface area contributed by atoms with Crippen LogP contribution in [0.2, 0.25) is 0 Å². The third-order valence-corrected chi connectivity index (χ3v) is 4.00. The van der Waals surface area contributed by atoms with E-state index in [9.17, 15) is 9.59 Å². The van der Waals surface area contributed by atoms with Gasteiger partial charge < -0.3 is 10.6 Å². The predicted octanol–water partition coefficient (Wildman–Crippen LogP) is 0.565. The number of nitrogen functional groups attached to an aromatic ring is 1. The number of piperidine rings is 1. The van der Waals surface area contributed by atoms with Crippen molar-refractivity contribution >= 4 is 34.7 Å². The van der Waals surface area contributed by atoms with E-state index >= 15 is 0 Å². The molecule has 1 fully saturated rings. The molecule has 0 aliphatic carbocycles. The summed E-state index contributed by atoms with van der Waals surface area (Å²) in [6.45, 7) is 0.575. The minimum Gasteiger partial charge on any atom is -0.399 e. The molecule has 3 N–H and O–H groups in total. The molecule has 98 valence electrons. The molecule has 2 amide bonds. The van der Waals surface area contributed by atoms with Crippen LogP contribution in [0, 0.1) is 0 Å². The summed E-state index contributed by atoms with van der Waals surface area (Å²) < 4.78 is 0. The van der Waals surface area contributed by atoms with Gasteiger partial charge in [-0.25, -0.2) is 0 Å². The average molecular weight is 275 g/mol. The summed E-state index contributed by atoms with van der Waals surface area (Å²) in [4.78, 5) is 25.6. The van der Waals surface area contributed by atoms with Crippen molar-refractivity contribution < 1.29 is 9.59 Å². The highest BCUT2D eigenvalue weighted by molar-refractivity contribution is 7.80. The van der Waals surface area contributed by atoms with Gasteiger partial charge in [0.2, 0.25) is 11.8 Å². The zero-order chi connectivity index (χ0) is 13.6. The van der Waals surface area contributed by atoms with E-state index in [-0.39, 0.29) is 17.9 Å². The van der Waals surface area contributed by atoms with Gasteiger partial charge in [-0.05, 0) is 30.2 Å². The molecule has 5 nitrogen and oxygen atoms in total. The Morgan fingerprint density at radius 1 is 1.37 bits per heavy atom. The van der Waals surface area contributed by atoms with E-state index < -0.39 is 0 Å². The molecule has 0 radical (unpaired) electrons. The minimum atomic E-state index is -0.362. The van der Waals surface area contributed by atoms with E-state index in [0.717, 1.165) is 11.1 Å². The first-order valence-electron chi connectivity index (χ1n) is 6.09. The van der Waals surface area contributed by atoms with Crippen LogP contribution in [-0.2, 0) is 16.1 Å². The number of thiocarbonyl (C=S) groups is 1. The van der Waals surface area contributed by atoms with Crippen molar-refractivity contribution in [1.82, 2.24) is 10.2 Å². The van der Waals surface area contributed by atoms with Crippen LogP contribution in [0.3, 0.4) is 0 Å². The summed E-state index contributed by atoms with van der Waals surface area (Å²) >= 11 is 5.42. The number of imide groups is 1. The lowest BCUT2D eigenvalue weighted by molar-refractivity contribution is -0.136. The SMILES string of the molecule is Nc1ccc2c(c1)CN([C@@H]1CCC(=O)NC1=O)C2=S. The maximum absolute atomic E-state index is 11.9. The van der Waals surface area contributed by atoms with Crippen molar-refractivity contribution in [3.63, 3.8) is 0 Å². The van der Waals surface area contributed by atoms with Crippen LogP contribution in [0.25, 0.3) is 0 Å². The number of hydrogen-bond donors (Lipinski definition) is 2. The van der Waals surface area contributed by atoms with Crippen LogP contribution >= 0.6 is 12.2 Å². The number of anilines is 1. The predicted molar refractivity (Wildman–Crippen MR) is 74.3 cm³/mol. The fourth-order valence-electron chi connectivity index (χ4n) is 2.59. The Morgan fingerprint density at radius 2 is 2.16 bits per heavy atom. The molecule has 6 heteroatoms. The molecule has 0 bridgehead atoms. The Labute approximate surface area is 115 Å². The fraction of sp³-hybridized carbons (Fsp3) is 0.308. The van der Waals surface area contributed by atoms with Gasteiger partial charge in [0.15, 0.2) is 0 Å². The Kier molecular flexibility index (Phi) is 2.74. The van der Waals surface area contributed by atoms with Gasteiger partial charge in [0.1, 0.15) is 11.0 Å². The third-order valence-electron chi connectivity index (χ3n) is 3.55. The van der Waals surface area contributed by atoms with Crippen LogP contribution < -0.4 is 11.1 Å². The second-order valence-corrected chi connectivity index (χ2v) is 5.20. The van der Waals surface area contributed by atoms with Crippen LogP contribution in [0.1, 0.15) is 24.0 Å². The van der Waals surface area contributed by atoms with Gasteiger partial charge in [0.05, 0.1) is 0 Å². The average Bonchev–Trinajstić information content (AvgIpc) is 2.66. The van der Waals surface area contributed by atoms with E-state index in [1.165, 1.54) is 0 Å². The highest BCUT2D eigenvalue weighted by Gasteiger charge is 2.36. The molecule has 2 aliphatic heterocycles. The molecule has 0 aromatic heterocycles. The third kappa shape index (κ3) is 1.98. The quantitative estimate of drug-likeness (QED) is 0.445. The lowest BCUT2D eigenvalue weighted by Gasteiger charge is -2.30. The zero-order valence-electron chi connectivity index (χ0n) is 10.2. The maximum Gasteiger partial charge on any atom is 0.249 e. The Bertz CT molecular complexity index is 600. The maximum atomic E-state index is 11.9. The minimum absolute atomic E-state index is 0.215. The number of rotatable bonds is 1. The normalized spacial score (nSPS) is 22.4. The van der Waals surface area contributed by atoms with Gasteiger partial charge in [-0.2, -0.15) is 0 Å². The van der Waals surface area contributed by atoms with E-state index in [2.05, 4.69) is 5.32 Å². The Morgan fingerprint density at radius 3 is 2.89 bits per heavy atom. The lowest BCUT2D eigenvalue weighted by Crippen LogP contribution is -2.52. The summed E-state index contributed by atoms with van der Waals surface area (Å²) in [5.74, 6) is -0.479. The summed E-state index contributed by atoms with van der Waals surface area (Å²) in [7, 11) is 0. The number of nitrogens with two attached hydrogens (primary N) is 1. The van der Waals surface area contributed by atoms with Crippen LogP contribution in [0.5, 0.6) is 0 Å². The van der Waals surface area contributed by atoms with Crippen LogP contribution in [0.15, 0.2) is 18.2 Å². The van der Waals surface area contributed by atoms with Crippen LogP contribution in [-0.4, -0.2) is 27.7 Å². The second-order valence-electron chi connectivity index (χ2n) is 4.82. The van der Waals surface area contributed by atoms with Crippen molar-refractivity contribution in [3.05, 3.63) is 29.3 Å². The van der Waals surface area contributed by atoms with Crippen molar-refractivity contribution in [1.29, 1.82) is 0 Å². The standard InChI is InChI=1S/C13H13N3O2S/c14-8-1-2-9-7(5-8)6-16(13(9)19)10-3-4-11(17)15-12(10)18/h1-2,5,10H,3-4,6,14H2,(H,15,17,18)/t10-/m1/s1. The number of benzene rings is 1. The molecular weight excluding hydrogens is 262 g/mol. The molecular formula is C13H13N3O2S. The number of amides is 2. The van der Waals surface area contributed by atoms with Crippen molar-refractivity contribution in [2.24, 2.45) is 0 Å².